The van der Waals surface area contributed by atoms with Crippen molar-refractivity contribution in [3.8, 4) is 0 Å². The lowest BCUT2D eigenvalue weighted by Gasteiger charge is -2.25. The lowest BCUT2D eigenvalue weighted by molar-refractivity contribution is -0.140. The summed E-state index contributed by atoms with van der Waals surface area (Å²) < 4.78 is 0. The SMILES string of the molecule is Cc1cc(C)cc(N2CCC(C(=O)N(C)C(C)CO)C2=O)c1. The van der Waals surface area contributed by atoms with Crippen LogP contribution in [0.2, 0.25) is 0 Å². The van der Waals surface area contributed by atoms with Gasteiger partial charge in [0, 0.05) is 19.3 Å². The van der Waals surface area contributed by atoms with E-state index < -0.39 is 5.92 Å². The number of nitrogens with zero attached hydrogens (tertiary/aromatic N) is 2. The van der Waals surface area contributed by atoms with Gasteiger partial charge in [-0.15, -0.1) is 0 Å². The van der Waals surface area contributed by atoms with Crippen LogP contribution in [0.15, 0.2) is 18.2 Å². The first-order valence-corrected chi connectivity index (χ1v) is 7.62. The van der Waals surface area contributed by atoms with Gasteiger partial charge in [-0.25, -0.2) is 0 Å². The molecule has 0 saturated carbocycles. The molecule has 5 nitrogen and oxygen atoms in total. The summed E-state index contributed by atoms with van der Waals surface area (Å²) in [7, 11) is 1.63. The minimum atomic E-state index is -0.639. The Morgan fingerprint density at radius 3 is 2.50 bits per heavy atom. The third-order valence-corrected chi connectivity index (χ3v) is 4.29. The van der Waals surface area contributed by atoms with E-state index in [-0.39, 0.29) is 24.5 Å². The fourth-order valence-corrected chi connectivity index (χ4v) is 2.86. The molecule has 0 aromatic heterocycles. The van der Waals surface area contributed by atoms with Gasteiger partial charge >= 0.3 is 0 Å². The Labute approximate surface area is 131 Å². The van der Waals surface area contributed by atoms with Crippen LogP contribution in [0.1, 0.15) is 24.5 Å². The normalized spacial score (nSPS) is 19.4. The smallest absolute Gasteiger partial charge is 0.239 e. The molecule has 1 fully saturated rings. The number of carbonyl (C=O) groups is 2. The molecule has 5 heteroatoms. The maximum absolute atomic E-state index is 12.6. The van der Waals surface area contributed by atoms with E-state index in [1.165, 1.54) is 4.90 Å². The fourth-order valence-electron chi connectivity index (χ4n) is 2.86. The van der Waals surface area contributed by atoms with Crippen LogP contribution in [0.25, 0.3) is 0 Å². The maximum atomic E-state index is 12.6. The number of hydrogen-bond acceptors (Lipinski definition) is 3. The Kier molecular flexibility index (Phi) is 4.86. The van der Waals surface area contributed by atoms with Gasteiger partial charge < -0.3 is 14.9 Å². The number of aryl methyl sites for hydroxylation is 2. The van der Waals surface area contributed by atoms with Crippen molar-refractivity contribution >= 4 is 17.5 Å². The van der Waals surface area contributed by atoms with Crippen molar-refractivity contribution in [2.45, 2.75) is 33.2 Å². The van der Waals surface area contributed by atoms with Gasteiger partial charge in [-0.2, -0.15) is 0 Å². The van der Waals surface area contributed by atoms with Crippen molar-refractivity contribution in [1.82, 2.24) is 4.90 Å². The minimum Gasteiger partial charge on any atom is -0.394 e. The first-order chi connectivity index (χ1) is 10.3. The zero-order valence-electron chi connectivity index (χ0n) is 13.7. The van der Waals surface area contributed by atoms with Crippen molar-refractivity contribution in [2.75, 3.05) is 25.1 Å². The van der Waals surface area contributed by atoms with Crippen LogP contribution >= 0.6 is 0 Å². The lowest BCUT2D eigenvalue weighted by atomic mass is 10.1. The molecule has 22 heavy (non-hydrogen) atoms. The summed E-state index contributed by atoms with van der Waals surface area (Å²) in [4.78, 5) is 28.2. The zero-order valence-corrected chi connectivity index (χ0v) is 13.7. The molecule has 120 valence electrons. The van der Waals surface area contributed by atoms with Crippen molar-refractivity contribution in [3.63, 3.8) is 0 Å². The number of carbonyl (C=O) groups excluding carboxylic acids is 2. The van der Waals surface area contributed by atoms with Crippen molar-refractivity contribution < 1.29 is 14.7 Å². The molecule has 0 spiro atoms. The van der Waals surface area contributed by atoms with Crippen molar-refractivity contribution in [2.24, 2.45) is 5.92 Å². The predicted octanol–water partition coefficient (Wildman–Crippen LogP) is 1.50. The number of anilines is 1. The van der Waals surface area contributed by atoms with Crippen molar-refractivity contribution in [1.29, 1.82) is 0 Å². The van der Waals surface area contributed by atoms with E-state index in [4.69, 9.17) is 5.11 Å². The van der Waals surface area contributed by atoms with Crippen LogP contribution in [-0.2, 0) is 9.59 Å². The van der Waals surface area contributed by atoms with E-state index in [0.29, 0.717) is 13.0 Å². The first kappa shape index (κ1) is 16.5. The number of amides is 2. The molecule has 1 aliphatic rings. The topological polar surface area (TPSA) is 60.9 Å². The molecule has 0 aliphatic carbocycles. The van der Waals surface area contributed by atoms with Gasteiger partial charge in [0.1, 0.15) is 5.92 Å². The summed E-state index contributed by atoms with van der Waals surface area (Å²) >= 11 is 0. The minimum absolute atomic E-state index is 0.107. The Bertz CT molecular complexity index is 565. The monoisotopic (exact) mass is 304 g/mol. The second-order valence-electron chi connectivity index (χ2n) is 6.16. The average Bonchev–Trinajstić information content (AvgIpc) is 2.85. The van der Waals surface area contributed by atoms with Crippen LogP contribution in [0.3, 0.4) is 0 Å². The summed E-state index contributed by atoms with van der Waals surface area (Å²) in [5, 5.41) is 9.16. The van der Waals surface area contributed by atoms with Crippen LogP contribution in [0.5, 0.6) is 0 Å². The molecule has 2 atom stereocenters. The number of hydrogen-bond donors (Lipinski definition) is 1. The van der Waals surface area contributed by atoms with E-state index >= 15 is 0 Å². The quantitative estimate of drug-likeness (QED) is 0.858. The molecule has 1 aromatic carbocycles. The molecular weight excluding hydrogens is 280 g/mol. The molecule has 0 radical (unpaired) electrons. The van der Waals surface area contributed by atoms with Gasteiger partial charge in [0.25, 0.3) is 0 Å². The number of benzene rings is 1. The number of likely N-dealkylation sites (N-methyl/N-ethyl adjacent to an activating group) is 1. The van der Waals surface area contributed by atoms with E-state index in [0.717, 1.165) is 16.8 Å². The fraction of sp³-hybridized carbons (Fsp3) is 0.529. The molecule has 0 bridgehead atoms. The largest absolute Gasteiger partial charge is 0.394 e. The molecule has 1 aromatic rings. The summed E-state index contributed by atoms with van der Waals surface area (Å²) in [6.45, 7) is 6.20. The molecule has 1 N–H and O–H groups in total. The molecule has 2 unspecified atom stereocenters. The summed E-state index contributed by atoms with van der Waals surface area (Å²) in [5.41, 5.74) is 3.06. The zero-order chi connectivity index (χ0) is 16.4. The average molecular weight is 304 g/mol. The number of aliphatic hydroxyl groups excluding tert-OH is 1. The van der Waals surface area contributed by atoms with E-state index in [1.54, 1.807) is 18.9 Å². The summed E-state index contributed by atoms with van der Waals surface area (Å²) in [6, 6.07) is 5.72. The third kappa shape index (κ3) is 3.14. The van der Waals surface area contributed by atoms with Gasteiger partial charge in [-0.3, -0.25) is 9.59 Å². The molecule has 1 heterocycles. The van der Waals surface area contributed by atoms with Crippen LogP contribution in [0.4, 0.5) is 5.69 Å². The number of aliphatic hydroxyl groups is 1. The lowest BCUT2D eigenvalue weighted by Crippen LogP contribution is -2.43. The maximum Gasteiger partial charge on any atom is 0.239 e. The molecular formula is C17H24N2O3. The Morgan fingerprint density at radius 2 is 1.95 bits per heavy atom. The van der Waals surface area contributed by atoms with Gasteiger partial charge in [0.15, 0.2) is 0 Å². The molecule has 1 saturated heterocycles. The van der Waals surface area contributed by atoms with Crippen molar-refractivity contribution in [3.05, 3.63) is 29.3 Å². The molecule has 2 amide bonds. The predicted molar refractivity (Wildman–Crippen MR) is 85.7 cm³/mol. The standard InChI is InChI=1S/C17H24N2O3/c1-11-7-12(2)9-14(8-11)19-6-5-15(17(19)22)16(21)18(4)13(3)10-20/h7-9,13,15,20H,5-6,10H2,1-4H3. The highest BCUT2D eigenvalue weighted by atomic mass is 16.3. The van der Waals surface area contributed by atoms with Gasteiger partial charge in [-0.05, 0) is 50.5 Å². The molecule has 2 rings (SSSR count). The van der Waals surface area contributed by atoms with Crippen LogP contribution in [0, 0.1) is 19.8 Å². The highest BCUT2D eigenvalue weighted by Crippen LogP contribution is 2.28. The highest BCUT2D eigenvalue weighted by molar-refractivity contribution is 6.09. The third-order valence-electron chi connectivity index (χ3n) is 4.29. The number of rotatable bonds is 4. The molecule has 1 aliphatic heterocycles. The van der Waals surface area contributed by atoms with E-state index in [1.807, 2.05) is 26.0 Å². The summed E-state index contributed by atoms with van der Waals surface area (Å²) in [5.74, 6) is -0.995. The second-order valence-corrected chi connectivity index (χ2v) is 6.16. The first-order valence-electron chi connectivity index (χ1n) is 7.62. The van der Waals surface area contributed by atoms with Crippen LogP contribution in [-0.4, -0.2) is 48.1 Å². The van der Waals surface area contributed by atoms with Gasteiger partial charge in [0.2, 0.25) is 11.8 Å². The Morgan fingerprint density at radius 1 is 1.36 bits per heavy atom. The van der Waals surface area contributed by atoms with E-state index in [2.05, 4.69) is 6.07 Å². The van der Waals surface area contributed by atoms with Gasteiger partial charge in [-0.1, -0.05) is 6.07 Å². The van der Waals surface area contributed by atoms with Crippen LogP contribution < -0.4 is 4.90 Å². The summed E-state index contributed by atoms with van der Waals surface area (Å²) in [6.07, 6.45) is 0.521. The Hall–Kier alpha value is -1.88. The highest BCUT2D eigenvalue weighted by Gasteiger charge is 2.39. The van der Waals surface area contributed by atoms with Gasteiger partial charge in [0.05, 0.1) is 12.6 Å². The second kappa shape index (κ2) is 6.48. The van der Waals surface area contributed by atoms with E-state index in [9.17, 15) is 9.59 Å². The Balaban J connectivity index is 2.17.